The SMILES string of the molecule is CC[C@@H](C)CC(=O)c1cc(N2CCC(C3=CCc4ncccc43)CC2)nc(O[C@H](C)COC)n1. The van der Waals surface area contributed by atoms with Crippen LogP contribution >= 0.6 is 0 Å². The molecule has 0 aromatic carbocycles. The molecule has 0 saturated carbocycles. The quantitative estimate of drug-likeness (QED) is 0.469. The van der Waals surface area contributed by atoms with Crippen molar-refractivity contribution >= 4 is 17.2 Å². The Morgan fingerprint density at radius 2 is 2.03 bits per heavy atom. The van der Waals surface area contributed by atoms with Gasteiger partial charge in [0, 0.05) is 45.3 Å². The Kier molecular flexibility index (Phi) is 7.93. The number of ketones is 1. The summed E-state index contributed by atoms with van der Waals surface area (Å²) >= 11 is 0. The predicted molar refractivity (Wildman–Crippen MR) is 133 cm³/mol. The zero-order valence-electron chi connectivity index (χ0n) is 20.8. The highest BCUT2D eigenvalue weighted by Gasteiger charge is 2.28. The minimum atomic E-state index is -0.202. The average Bonchev–Trinajstić information content (AvgIpc) is 3.28. The Labute approximate surface area is 202 Å². The molecule has 7 nitrogen and oxygen atoms in total. The molecule has 2 atom stereocenters. The molecule has 0 unspecified atom stereocenters. The molecule has 0 amide bonds. The Morgan fingerprint density at radius 1 is 1.24 bits per heavy atom. The minimum Gasteiger partial charge on any atom is -0.458 e. The molecule has 182 valence electrons. The van der Waals surface area contributed by atoms with Gasteiger partial charge in [-0.05, 0) is 48.8 Å². The summed E-state index contributed by atoms with van der Waals surface area (Å²) in [7, 11) is 1.64. The standard InChI is InChI=1S/C27H36N4O3/c1-5-18(2)15-25(32)24-16-26(30-27(29-24)34-19(3)17-33-4)31-13-10-20(11-14-31)21-8-9-23-22(21)7-6-12-28-23/h6-8,12,16,18-20H,5,9-11,13-15,17H2,1-4H3/t18-,19-/m1/s1. The van der Waals surface area contributed by atoms with Crippen molar-refractivity contribution in [3.8, 4) is 6.01 Å². The first kappa shape index (κ1) is 24.3. The second kappa shape index (κ2) is 11.1. The molecule has 1 saturated heterocycles. The number of allylic oxidation sites excluding steroid dienone is 2. The summed E-state index contributed by atoms with van der Waals surface area (Å²) in [6.07, 6.45) is 8.46. The minimum absolute atomic E-state index is 0.0392. The van der Waals surface area contributed by atoms with Crippen LogP contribution in [0.2, 0.25) is 0 Å². The number of carbonyl (C=O) groups excluding carboxylic acids is 1. The van der Waals surface area contributed by atoms with E-state index in [1.54, 1.807) is 7.11 Å². The van der Waals surface area contributed by atoms with Gasteiger partial charge >= 0.3 is 6.01 Å². The van der Waals surface area contributed by atoms with Gasteiger partial charge in [0.1, 0.15) is 17.6 Å². The molecule has 2 aromatic rings. The lowest BCUT2D eigenvalue weighted by Gasteiger charge is -2.34. The molecular formula is C27H36N4O3. The van der Waals surface area contributed by atoms with Gasteiger partial charge in [0.15, 0.2) is 5.78 Å². The third-order valence-corrected chi connectivity index (χ3v) is 6.89. The molecule has 2 aliphatic rings. The fourth-order valence-corrected chi connectivity index (χ4v) is 4.77. The number of anilines is 1. The van der Waals surface area contributed by atoms with Crippen LogP contribution in [0.15, 0.2) is 30.5 Å². The monoisotopic (exact) mass is 464 g/mol. The van der Waals surface area contributed by atoms with E-state index >= 15 is 0 Å². The van der Waals surface area contributed by atoms with Crippen molar-refractivity contribution in [1.82, 2.24) is 15.0 Å². The van der Waals surface area contributed by atoms with Crippen molar-refractivity contribution in [2.24, 2.45) is 11.8 Å². The second-order valence-electron chi connectivity index (χ2n) is 9.54. The van der Waals surface area contributed by atoms with Gasteiger partial charge in [0.05, 0.1) is 12.3 Å². The Bertz CT molecular complexity index is 1030. The Hall–Kier alpha value is -2.80. The van der Waals surface area contributed by atoms with Gasteiger partial charge in [-0.1, -0.05) is 32.4 Å². The lowest BCUT2D eigenvalue weighted by atomic mass is 9.86. The number of piperidine rings is 1. The molecule has 3 heterocycles. The maximum absolute atomic E-state index is 13.0. The number of aromatic nitrogens is 3. The highest BCUT2D eigenvalue weighted by atomic mass is 16.5. The van der Waals surface area contributed by atoms with E-state index < -0.39 is 0 Å². The maximum Gasteiger partial charge on any atom is 0.319 e. The number of rotatable bonds is 10. The van der Waals surface area contributed by atoms with E-state index in [0.29, 0.717) is 30.6 Å². The molecule has 1 fully saturated rings. The van der Waals surface area contributed by atoms with Crippen molar-refractivity contribution in [3.63, 3.8) is 0 Å². The first-order valence-electron chi connectivity index (χ1n) is 12.5. The van der Waals surface area contributed by atoms with Gasteiger partial charge in [-0.25, -0.2) is 0 Å². The summed E-state index contributed by atoms with van der Waals surface area (Å²) in [6.45, 7) is 8.28. The lowest BCUT2D eigenvalue weighted by Crippen LogP contribution is -2.35. The fourth-order valence-electron chi connectivity index (χ4n) is 4.77. The van der Waals surface area contributed by atoms with E-state index in [-0.39, 0.29) is 17.9 Å². The van der Waals surface area contributed by atoms with Crippen molar-refractivity contribution in [2.75, 3.05) is 31.7 Å². The summed E-state index contributed by atoms with van der Waals surface area (Å²) in [5.74, 6) is 1.64. The molecule has 34 heavy (non-hydrogen) atoms. The van der Waals surface area contributed by atoms with Crippen LogP contribution in [0.1, 0.15) is 68.2 Å². The number of nitrogens with zero attached hydrogens (tertiary/aromatic N) is 4. The number of hydrogen-bond acceptors (Lipinski definition) is 7. The number of ether oxygens (including phenoxy) is 2. The molecule has 1 aliphatic heterocycles. The Morgan fingerprint density at radius 3 is 2.76 bits per heavy atom. The summed E-state index contributed by atoms with van der Waals surface area (Å²) in [6, 6.07) is 6.30. The van der Waals surface area contributed by atoms with Gasteiger partial charge in [-0.15, -0.1) is 0 Å². The van der Waals surface area contributed by atoms with E-state index in [0.717, 1.165) is 44.6 Å². The number of fused-ring (bicyclic) bond motifs is 1. The van der Waals surface area contributed by atoms with Crippen molar-refractivity contribution < 1.29 is 14.3 Å². The van der Waals surface area contributed by atoms with Crippen molar-refractivity contribution in [3.05, 3.63) is 47.4 Å². The zero-order valence-corrected chi connectivity index (χ0v) is 20.8. The third kappa shape index (κ3) is 5.63. The number of methoxy groups -OCH3 is 1. The number of pyridine rings is 1. The van der Waals surface area contributed by atoms with Gasteiger partial charge < -0.3 is 14.4 Å². The largest absolute Gasteiger partial charge is 0.458 e. The maximum atomic E-state index is 13.0. The van der Waals surface area contributed by atoms with Gasteiger partial charge in [-0.2, -0.15) is 9.97 Å². The first-order chi connectivity index (χ1) is 16.5. The third-order valence-electron chi connectivity index (χ3n) is 6.89. The molecule has 7 heteroatoms. The number of carbonyl (C=O) groups is 1. The van der Waals surface area contributed by atoms with E-state index in [9.17, 15) is 4.79 Å². The molecular weight excluding hydrogens is 428 g/mol. The summed E-state index contributed by atoms with van der Waals surface area (Å²) in [4.78, 5) is 28.9. The second-order valence-corrected chi connectivity index (χ2v) is 9.54. The number of Topliss-reactive ketones (excluding diaryl/α,β-unsaturated/α-hetero) is 1. The average molecular weight is 465 g/mol. The summed E-state index contributed by atoms with van der Waals surface area (Å²) in [5, 5.41) is 0. The van der Waals surface area contributed by atoms with Crippen LogP contribution in [-0.2, 0) is 11.2 Å². The fraction of sp³-hybridized carbons (Fsp3) is 0.556. The first-order valence-corrected chi connectivity index (χ1v) is 12.5. The van der Waals surface area contributed by atoms with E-state index in [1.165, 1.54) is 16.8 Å². The topological polar surface area (TPSA) is 77.4 Å². The van der Waals surface area contributed by atoms with Crippen LogP contribution in [0, 0.1) is 11.8 Å². The smallest absolute Gasteiger partial charge is 0.319 e. The molecule has 0 radical (unpaired) electrons. The normalized spacial score (nSPS) is 17.8. The van der Waals surface area contributed by atoms with Crippen LogP contribution < -0.4 is 9.64 Å². The van der Waals surface area contributed by atoms with Crippen LogP contribution in [0.25, 0.3) is 5.57 Å². The Balaban J connectivity index is 1.50. The highest BCUT2D eigenvalue weighted by Crippen LogP contribution is 2.37. The summed E-state index contributed by atoms with van der Waals surface area (Å²) < 4.78 is 11.1. The van der Waals surface area contributed by atoms with Crippen LogP contribution in [0.4, 0.5) is 5.82 Å². The van der Waals surface area contributed by atoms with Crippen molar-refractivity contribution in [1.29, 1.82) is 0 Å². The molecule has 0 bridgehead atoms. The summed E-state index contributed by atoms with van der Waals surface area (Å²) in [5.41, 5.74) is 4.37. The molecule has 0 N–H and O–H groups in total. The van der Waals surface area contributed by atoms with Crippen LogP contribution in [0.3, 0.4) is 0 Å². The van der Waals surface area contributed by atoms with Crippen molar-refractivity contribution in [2.45, 2.75) is 59.0 Å². The molecule has 1 aliphatic carbocycles. The van der Waals surface area contributed by atoms with Gasteiger partial charge in [0.2, 0.25) is 0 Å². The lowest BCUT2D eigenvalue weighted by molar-refractivity contribution is 0.0844. The highest BCUT2D eigenvalue weighted by molar-refractivity contribution is 5.95. The van der Waals surface area contributed by atoms with E-state index in [2.05, 4.69) is 45.8 Å². The number of hydrogen-bond donors (Lipinski definition) is 0. The molecule has 4 rings (SSSR count). The van der Waals surface area contributed by atoms with Crippen LogP contribution in [0.5, 0.6) is 6.01 Å². The van der Waals surface area contributed by atoms with E-state index in [1.807, 2.05) is 25.3 Å². The zero-order chi connectivity index (χ0) is 24.1. The molecule has 2 aromatic heterocycles. The van der Waals surface area contributed by atoms with Gasteiger partial charge in [0.25, 0.3) is 0 Å². The van der Waals surface area contributed by atoms with Crippen LogP contribution in [-0.4, -0.2) is 53.6 Å². The molecule has 0 spiro atoms. The van der Waals surface area contributed by atoms with E-state index in [4.69, 9.17) is 9.47 Å². The van der Waals surface area contributed by atoms with Gasteiger partial charge in [-0.3, -0.25) is 9.78 Å². The predicted octanol–water partition coefficient (Wildman–Crippen LogP) is 4.76.